The van der Waals surface area contributed by atoms with E-state index >= 15 is 0 Å². The minimum atomic E-state index is 0.434. The Balaban J connectivity index is 2.78. The van der Waals surface area contributed by atoms with Gasteiger partial charge in [-0.05, 0) is 12.0 Å². The zero-order valence-corrected chi connectivity index (χ0v) is 9.12. The number of hydrogen-bond donors (Lipinski definition) is 0. The maximum atomic E-state index is 4.38. The SMILES string of the molecule is CC(C)c1nn(Br)c2cnccc12. The van der Waals surface area contributed by atoms with Gasteiger partial charge in [0.05, 0.1) is 33.6 Å². The Morgan fingerprint density at radius 3 is 2.92 bits per heavy atom. The van der Waals surface area contributed by atoms with E-state index in [-0.39, 0.29) is 0 Å². The van der Waals surface area contributed by atoms with Crippen LogP contribution in [0.3, 0.4) is 0 Å². The first kappa shape index (κ1) is 8.69. The van der Waals surface area contributed by atoms with Crippen LogP contribution in [0.5, 0.6) is 0 Å². The van der Waals surface area contributed by atoms with Crippen LogP contribution in [0.15, 0.2) is 18.5 Å². The van der Waals surface area contributed by atoms with Crippen molar-refractivity contribution in [2.75, 3.05) is 0 Å². The fourth-order valence-corrected chi connectivity index (χ4v) is 1.83. The summed E-state index contributed by atoms with van der Waals surface area (Å²) in [6, 6.07) is 2.00. The summed E-state index contributed by atoms with van der Waals surface area (Å²) in [6.07, 6.45) is 3.60. The van der Waals surface area contributed by atoms with Gasteiger partial charge in [-0.3, -0.25) is 4.98 Å². The van der Waals surface area contributed by atoms with E-state index in [1.54, 1.807) is 9.90 Å². The zero-order valence-electron chi connectivity index (χ0n) is 7.53. The van der Waals surface area contributed by atoms with E-state index in [0.29, 0.717) is 5.92 Å². The van der Waals surface area contributed by atoms with Crippen LogP contribution in [0.1, 0.15) is 25.5 Å². The van der Waals surface area contributed by atoms with Crippen LogP contribution in [-0.4, -0.2) is 13.8 Å². The first-order valence-corrected chi connectivity index (χ1v) is 4.90. The normalized spacial score (nSPS) is 11.4. The van der Waals surface area contributed by atoms with Crippen molar-refractivity contribution < 1.29 is 0 Å². The van der Waals surface area contributed by atoms with E-state index in [1.165, 1.54) is 5.39 Å². The van der Waals surface area contributed by atoms with Crippen molar-refractivity contribution in [1.29, 1.82) is 0 Å². The quantitative estimate of drug-likeness (QED) is 0.767. The maximum absolute atomic E-state index is 4.38. The van der Waals surface area contributed by atoms with Gasteiger partial charge in [0.15, 0.2) is 0 Å². The lowest BCUT2D eigenvalue weighted by atomic mass is 10.1. The highest BCUT2D eigenvalue weighted by Gasteiger charge is 2.11. The van der Waals surface area contributed by atoms with E-state index in [4.69, 9.17) is 0 Å². The van der Waals surface area contributed by atoms with E-state index < -0.39 is 0 Å². The molecule has 0 N–H and O–H groups in total. The molecule has 0 unspecified atom stereocenters. The number of pyridine rings is 1. The van der Waals surface area contributed by atoms with Crippen LogP contribution in [0.2, 0.25) is 0 Å². The second-order valence-corrected chi connectivity index (χ2v) is 3.96. The van der Waals surface area contributed by atoms with Crippen molar-refractivity contribution in [3.63, 3.8) is 0 Å². The molecule has 0 aliphatic heterocycles. The third-order valence-corrected chi connectivity index (χ3v) is 2.56. The van der Waals surface area contributed by atoms with E-state index in [0.717, 1.165) is 11.2 Å². The van der Waals surface area contributed by atoms with Gasteiger partial charge in [0, 0.05) is 11.6 Å². The monoisotopic (exact) mass is 239 g/mol. The third-order valence-electron chi connectivity index (χ3n) is 2.02. The van der Waals surface area contributed by atoms with Gasteiger partial charge in [-0.2, -0.15) is 8.81 Å². The highest BCUT2D eigenvalue weighted by Crippen LogP contribution is 2.24. The molecule has 0 aliphatic carbocycles. The molecule has 0 saturated heterocycles. The molecule has 2 aromatic heterocycles. The van der Waals surface area contributed by atoms with E-state index in [1.807, 2.05) is 12.3 Å². The lowest BCUT2D eigenvalue weighted by Crippen LogP contribution is -1.89. The van der Waals surface area contributed by atoms with Gasteiger partial charge in [0.25, 0.3) is 0 Å². The smallest absolute Gasteiger partial charge is 0.0999 e. The minimum absolute atomic E-state index is 0.434. The summed E-state index contributed by atoms with van der Waals surface area (Å²) >= 11 is 3.35. The lowest BCUT2D eigenvalue weighted by molar-refractivity contribution is 0.810. The third kappa shape index (κ3) is 1.35. The van der Waals surface area contributed by atoms with Gasteiger partial charge >= 0.3 is 0 Å². The Morgan fingerprint density at radius 1 is 1.46 bits per heavy atom. The Hall–Kier alpha value is -0.900. The molecular weight excluding hydrogens is 230 g/mol. The Labute approximate surface area is 85.1 Å². The number of halogens is 1. The number of hydrogen-bond acceptors (Lipinski definition) is 2. The van der Waals surface area contributed by atoms with Gasteiger partial charge < -0.3 is 0 Å². The number of rotatable bonds is 1. The van der Waals surface area contributed by atoms with Crippen LogP contribution in [0.25, 0.3) is 10.9 Å². The lowest BCUT2D eigenvalue weighted by Gasteiger charge is -1.98. The highest BCUT2D eigenvalue weighted by molar-refractivity contribution is 9.08. The molecule has 0 radical (unpaired) electrons. The van der Waals surface area contributed by atoms with E-state index in [9.17, 15) is 0 Å². The first-order valence-electron chi connectivity index (χ1n) is 4.19. The summed E-state index contributed by atoms with van der Waals surface area (Å²) in [7, 11) is 0. The first-order chi connectivity index (χ1) is 6.20. The Kier molecular flexibility index (Phi) is 2.07. The van der Waals surface area contributed by atoms with Crippen LogP contribution in [-0.2, 0) is 0 Å². The minimum Gasteiger partial charge on any atom is -0.262 e. The molecule has 0 atom stereocenters. The molecule has 0 bridgehead atoms. The predicted molar refractivity (Wildman–Crippen MR) is 55.9 cm³/mol. The van der Waals surface area contributed by atoms with Gasteiger partial charge in [-0.25, -0.2) is 0 Å². The maximum Gasteiger partial charge on any atom is 0.0999 e. The van der Waals surface area contributed by atoms with Gasteiger partial charge in [-0.1, -0.05) is 13.8 Å². The number of fused-ring (bicyclic) bond motifs is 1. The fourth-order valence-electron chi connectivity index (χ4n) is 1.38. The van der Waals surface area contributed by atoms with Crippen LogP contribution >= 0.6 is 16.1 Å². The van der Waals surface area contributed by atoms with Crippen LogP contribution in [0, 0.1) is 0 Å². The number of nitrogens with zero attached hydrogens (tertiary/aromatic N) is 3. The summed E-state index contributed by atoms with van der Waals surface area (Å²) in [6.45, 7) is 4.27. The average Bonchev–Trinajstić information content (AvgIpc) is 2.45. The van der Waals surface area contributed by atoms with Gasteiger partial charge in [0.2, 0.25) is 0 Å². The molecule has 0 spiro atoms. The molecule has 0 fully saturated rings. The molecule has 0 saturated carbocycles. The van der Waals surface area contributed by atoms with Gasteiger partial charge in [0.1, 0.15) is 0 Å². The predicted octanol–water partition coefficient (Wildman–Crippen LogP) is 2.71. The van der Waals surface area contributed by atoms with Crippen molar-refractivity contribution in [2.45, 2.75) is 19.8 Å². The largest absolute Gasteiger partial charge is 0.262 e. The molecule has 0 aliphatic rings. The summed E-state index contributed by atoms with van der Waals surface area (Å²) < 4.78 is 1.70. The molecule has 13 heavy (non-hydrogen) atoms. The Morgan fingerprint density at radius 2 is 2.23 bits per heavy atom. The molecule has 2 aromatic rings. The van der Waals surface area contributed by atoms with Crippen molar-refractivity contribution >= 4 is 27.1 Å². The molecule has 4 heteroatoms. The summed E-state index contributed by atoms with van der Waals surface area (Å²) in [4.78, 5) is 4.06. The van der Waals surface area contributed by atoms with Crippen molar-refractivity contribution in [3.8, 4) is 0 Å². The molecule has 2 heterocycles. The zero-order chi connectivity index (χ0) is 9.42. The van der Waals surface area contributed by atoms with Gasteiger partial charge in [-0.15, -0.1) is 0 Å². The van der Waals surface area contributed by atoms with Crippen LogP contribution in [0.4, 0.5) is 0 Å². The molecule has 0 amide bonds. The molecule has 0 aromatic carbocycles. The van der Waals surface area contributed by atoms with Crippen molar-refractivity contribution in [3.05, 3.63) is 24.2 Å². The van der Waals surface area contributed by atoms with E-state index in [2.05, 4.69) is 40.1 Å². The second kappa shape index (κ2) is 3.10. The van der Waals surface area contributed by atoms with Crippen molar-refractivity contribution in [2.24, 2.45) is 0 Å². The molecule has 2 rings (SSSR count). The van der Waals surface area contributed by atoms with Crippen molar-refractivity contribution in [1.82, 2.24) is 13.8 Å². The van der Waals surface area contributed by atoms with Crippen LogP contribution < -0.4 is 0 Å². The second-order valence-electron chi connectivity index (χ2n) is 3.29. The standard InChI is InChI=1S/C9H10BrN3/c1-6(2)9-7-3-4-11-5-8(7)13(10)12-9/h3-6H,1-2H3. The average molecular weight is 240 g/mol. The summed E-state index contributed by atoms with van der Waals surface area (Å²) in [5, 5.41) is 5.55. The summed E-state index contributed by atoms with van der Waals surface area (Å²) in [5.41, 5.74) is 2.13. The molecular formula is C9H10BrN3. The highest BCUT2D eigenvalue weighted by atomic mass is 79.9. The molecule has 3 nitrogen and oxygen atoms in total. The Bertz CT molecular complexity index is 433. The summed E-state index contributed by atoms with van der Waals surface area (Å²) in [5.74, 6) is 0.434. The topological polar surface area (TPSA) is 30.7 Å². The number of aromatic nitrogens is 3. The fraction of sp³-hybridized carbons (Fsp3) is 0.333. The molecule has 68 valence electrons.